The fraction of sp³-hybridized carbons (Fsp3) is 0.160. The fourth-order valence-electron chi connectivity index (χ4n) is 4.10. The van der Waals surface area contributed by atoms with E-state index in [1.54, 1.807) is 12.1 Å². The molecule has 33 heavy (non-hydrogen) atoms. The van der Waals surface area contributed by atoms with Gasteiger partial charge in [-0.15, -0.1) is 0 Å². The normalized spacial score (nSPS) is 11.4. The molecule has 0 fully saturated rings. The van der Waals surface area contributed by atoms with Crippen molar-refractivity contribution in [3.63, 3.8) is 0 Å². The van der Waals surface area contributed by atoms with Gasteiger partial charge in [0, 0.05) is 23.4 Å². The molecule has 0 aliphatic carbocycles. The third-order valence-corrected chi connectivity index (χ3v) is 6.24. The number of rotatable bonds is 5. The monoisotopic (exact) mass is 504 g/mol. The van der Waals surface area contributed by atoms with Gasteiger partial charge in [0.15, 0.2) is 10.3 Å². The number of ether oxygens (including phenoxy) is 1. The average Bonchev–Trinajstić information content (AvgIpc) is 3.32. The molecule has 3 aromatic heterocycles. The first-order valence-corrected chi connectivity index (χ1v) is 11.3. The van der Waals surface area contributed by atoms with Gasteiger partial charge in [0.2, 0.25) is 0 Å². The summed E-state index contributed by atoms with van der Waals surface area (Å²) in [4.78, 5) is 20.7. The number of nitrogens with two attached hydrogens (primary N) is 1. The summed E-state index contributed by atoms with van der Waals surface area (Å²) in [5, 5.41) is 1.81. The zero-order valence-corrected chi connectivity index (χ0v) is 19.7. The van der Waals surface area contributed by atoms with E-state index in [0.717, 1.165) is 45.3 Å². The minimum absolute atomic E-state index is 0.344. The second-order valence-electron chi connectivity index (χ2n) is 7.77. The topological polar surface area (TPSA) is 96.2 Å². The summed E-state index contributed by atoms with van der Waals surface area (Å²) in [7, 11) is 0. The number of primary amides is 1. The number of para-hydroxylation sites is 1. The van der Waals surface area contributed by atoms with Crippen molar-refractivity contribution in [3.8, 4) is 17.1 Å². The van der Waals surface area contributed by atoms with E-state index in [1.807, 2.05) is 30.5 Å². The van der Waals surface area contributed by atoms with Gasteiger partial charge in [0.05, 0.1) is 12.1 Å². The summed E-state index contributed by atoms with van der Waals surface area (Å²) in [6, 6.07) is 15.3. The largest absolute Gasteiger partial charge is 0.448 e. The Balaban J connectivity index is 1.59. The number of benzene rings is 2. The van der Waals surface area contributed by atoms with Crippen molar-refractivity contribution >= 4 is 44.0 Å². The van der Waals surface area contributed by atoms with Crippen LogP contribution in [-0.4, -0.2) is 20.6 Å². The Bertz CT molecular complexity index is 1520. The van der Waals surface area contributed by atoms with Crippen molar-refractivity contribution in [3.05, 3.63) is 76.3 Å². The number of carbonyl (C=O) groups excluding carboxylic acids is 1. The number of hydrogen-bond donors (Lipinski definition) is 1. The maximum atomic E-state index is 11.3. The molecule has 3 heterocycles. The number of hydrogen-bond acceptors (Lipinski definition) is 5. The number of halogens is 1. The van der Waals surface area contributed by atoms with Crippen molar-refractivity contribution in [2.75, 3.05) is 0 Å². The van der Waals surface area contributed by atoms with Crippen molar-refractivity contribution in [2.24, 2.45) is 5.73 Å². The smallest absolute Gasteiger partial charge is 0.409 e. The van der Waals surface area contributed by atoms with Crippen LogP contribution in [-0.2, 0) is 13.0 Å². The lowest BCUT2D eigenvalue weighted by Gasteiger charge is -2.09. The second-order valence-corrected chi connectivity index (χ2v) is 8.49. The molecular formula is C25H21BrN4O3. The van der Waals surface area contributed by atoms with Crippen molar-refractivity contribution in [1.82, 2.24) is 14.5 Å². The number of amides is 1. The highest BCUT2D eigenvalue weighted by atomic mass is 79.9. The van der Waals surface area contributed by atoms with E-state index in [2.05, 4.69) is 51.5 Å². The molecule has 0 aliphatic heterocycles. The number of nitrogens with zero attached hydrogens (tertiary/aromatic N) is 3. The molecule has 7 nitrogen and oxygen atoms in total. The minimum atomic E-state index is -0.872. The third kappa shape index (κ3) is 3.76. The first-order chi connectivity index (χ1) is 16.0. The molecule has 0 aliphatic rings. The number of fused-ring (bicyclic) bond motifs is 2. The van der Waals surface area contributed by atoms with E-state index >= 15 is 0 Å². The van der Waals surface area contributed by atoms with Crippen LogP contribution in [0.5, 0.6) is 5.75 Å². The molecule has 5 aromatic rings. The van der Waals surface area contributed by atoms with Crippen LogP contribution in [0.1, 0.15) is 23.9 Å². The summed E-state index contributed by atoms with van der Waals surface area (Å²) >= 11 is 3.55. The number of aromatic nitrogens is 3. The second kappa shape index (κ2) is 8.37. The molecule has 0 bridgehead atoms. The Morgan fingerprint density at radius 3 is 2.79 bits per heavy atom. The lowest BCUT2D eigenvalue weighted by molar-refractivity contribution is 0.211. The molecule has 0 unspecified atom stereocenters. The Hall–Kier alpha value is -3.65. The van der Waals surface area contributed by atoms with E-state index in [1.165, 1.54) is 0 Å². The molecular weight excluding hydrogens is 484 g/mol. The van der Waals surface area contributed by atoms with Gasteiger partial charge in [-0.05, 0) is 58.2 Å². The first-order valence-electron chi connectivity index (χ1n) is 10.5. The fourth-order valence-corrected chi connectivity index (χ4v) is 4.59. The van der Waals surface area contributed by atoms with Crippen molar-refractivity contribution < 1.29 is 13.9 Å². The molecule has 0 saturated heterocycles. The lowest BCUT2D eigenvalue weighted by atomic mass is 10.0. The summed E-state index contributed by atoms with van der Waals surface area (Å²) in [6.07, 6.45) is 1.76. The van der Waals surface area contributed by atoms with Crippen LogP contribution < -0.4 is 10.5 Å². The van der Waals surface area contributed by atoms with E-state index < -0.39 is 6.09 Å². The van der Waals surface area contributed by atoms with E-state index in [4.69, 9.17) is 19.9 Å². The van der Waals surface area contributed by atoms with Gasteiger partial charge in [0.25, 0.3) is 0 Å². The van der Waals surface area contributed by atoms with Gasteiger partial charge in [-0.2, -0.15) is 0 Å². The molecule has 0 atom stereocenters. The number of aryl methyl sites for hydroxylation is 2. The maximum absolute atomic E-state index is 11.3. The molecule has 166 valence electrons. The van der Waals surface area contributed by atoms with Crippen LogP contribution in [0.25, 0.3) is 33.3 Å². The predicted octanol–water partition coefficient (Wildman–Crippen LogP) is 5.98. The zero-order chi connectivity index (χ0) is 23.1. The van der Waals surface area contributed by atoms with Gasteiger partial charge < -0.3 is 19.5 Å². The van der Waals surface area contributed by atoms with Crippen LogP contribution in [0.2, 0.25) is 0 Å². The van der Waals surface area contributed by atoms with Gasteiger partial charge in [-0.1, -0.05) is 31.2 Å². The van der Waals surface area contributed by atoms with Gasteiger partial charge in [0.1, 0.15) is 22.9 Å². The minimum Gasteiger partial charge on any atom is -0.448 e. The number of carbonyl (C=O) groups is 1. The highest BCUT2D eigenvalue weighted by Gasteiger charge is 2.19. The average molecular weight is 505 g/mol. The lowest BCUT2D eigenvalue weighted by Crippen LogP contribution is -2.16. The molecule has 8 heteroatoms. The molecule has 0 saturated carbocycles. The molecule has 0 radical (unpaired) electrons. The number of imidazole rings is 1. The summed E-state index contributed by atoms with van der Waals surface area (Å²) in [5.41, 5.74) is 9.91. The van der Waals surface area contributed by atoms with Crippen LogP contribution in [0.4, 0.5) is 4.79 Å². The SMILES string of the molecule is CCc1nc2c(C)ccnc2n1Cc1ccc2c(-c3ccccc3OC(N)=O)oc(Br)c2c1. The van der Waals surface area contributed by atoms with E-state index in [9.17, 15) is 4.79 Å². The Labute approximate surface area is 198 Å². The highest BCUT2D eigenvalue weighted by molar-refractivity contribution is 9.10. The predicted molar refractivity (Wildman–Crippen MR) is 130 cm³/mol. The molecule has 2 N–H and O–H groups in total. The van der Waals surface area contributed by atoms with Crippen LogP contribution in [0, 0.1) is 6.92 Å². The standard InChI is InChI=1S/C25H21BrN4O3/c1-3-20-29-21-14(2)10-11-28-24(21)30(20)13-15-8-9-16-18(12-15)23(26)33-22(16)17-6-4-5-7-19(17)32-25(27)31/h4-12H,3,13H2,1-2H3,(H2,27,31). The van der Waals surface area contributed by atoms with Crippen molar-refractivity contribution in [2.45, 2.75) is 26.8 Å². The van der Waals surface area contributed by atoms with Crippen molar-refractivity contribution in [1.29, 1.82) is 0 Å². The van der Waals surface area contributed by atoms with E-state index in [0.29, 0.717) is 28.3 Å². The molecule has 5 rings (SSSR count). The molecule has 0 spiro atoms. The van der Waals surface area contributed by atoms with Gasteiger partial charge in [-0.25, -0.2) is 14.8 Å². The maximum Gasteiger partial charge on any atom is 0.409 e. The number of pyridine rings is 1. The Kier molecular flexibility index (Phi) is 5.38. The summed E-state index contributed by atoms with van der Waals surface area (Å²) < 4.78 is 14.0. The summed E-state index contributed by atoms with van der Waals surface area (Å²) in [6.45, 7) is 4.79. The summed E-state index contributed by atoms with van der Waals surface area (Å²) in [5.74, 6) is 1.94. The molecule has 1 amide bonds. The zero-order valence-electron chi connectivity index (χ0n) is 18.1. The van der Waals surface area contributed by atoms with Crippen LogP contribution in [0.3, 0.4) is 0 Å². The third-order valence-electron chi connectivity index (χ3n) is 5.65. The Morgan fingerprint density at radius 2 is 2.00 bits per heavy atom. The highest BCUT2D eigenvalue weighted by Crippen LogP contribution is 2.41. The quantitative estimate of drug-likeness (QED) is 0.317. The number of furan rings is 1. The first kappa shape index (κ1) is 21.2. The van der Waals surface area contributed by atoms with Crippen LogP contribution in [0.15, 0.2) is 63.8 Å². The van der Waals surface area contributed by atoms with Gasteiger partial charge in [-0.3, -0.25) is 0 Å². The van der Waals surface area contributed by atoms with Crippen LogP contribution >= 0.6 is 15.9 Å². The van der Waals surface area contributed by atoms with E-state index in [-0.39, 0.29) is 0 Å². The molecule has 2 aromatic carbocycles. The van der Waals surface area contributed by atoms with Gasteiger partial charge >= 0.3 is 6.09 Å². The Morgan fingerprint density at radius 1 is 1.18 bits per heavy atom.